The van der Waals surface area contributed by atoms with Crippen molar-refractivity contribution in [3.05, 3.63) is 51.4 Å². The van der Waals surface area contributed by atoms with Gasteiger partial charge >= 0.3 is 0 Å². The summed E-state index contributed by atoms with van der Waals surface area (Å²) < 4.78 is 0. The number of halogens is 1. The van der Waals surface area contributed by atoms with Crippen LogP contribution < -0.4 is 15.8 Å². The maximum atomic E-state index is 11.9. The van der Waals surface area contributed by atoms with Crippen molar-refractivity contribution in [1.82, 2.24) is 15.1 Å². The molecule has 7 heteroatoms. The molecule has 3 rings (SSSR count). The molecule has 26 heavy (non-hydrogen) atoms. The van der Waals surface area contributed by atoms with Crippen LogP contribution in [0.1, 0.15) is 25.3 Å². The van der Waals surface area contributed by atoms with Crippen LogP contribution in [0.5, 0.6) is 0 Å². The van der Waals surface area contributed by atoms with Crippen molar-refractivity contribution >= 4 is 23.0 Å². The highest BCUT2D eigenvalue weighted by Gasteiger charge is 2.19. The van der Waals surface area contributed by atoms with Gasteiger partial charge in [0.15, 0.2) is 5.15 Å². The number of anilines is 2. The van der Waals surface area contributed by atoms with Gasteiger partial charge in [-0.1, -0.05) is 43.6 Å². The highest BCUT2D eigenvalue weighted by Crippen LogP contribution is 2.23. The van der Waals surface area contributed by atoms with E-state index in [4.69, 9.17) is 11.6 Å². The average Bonchev–Trinajstić information content (AvgIpc) is 2.65. The third-order valence-electron chi connectivity index (χ3n) is 4.79. The second-order valence-electron chi connectivity index (χ2n) is 6.90. The summed E-state index contributed by atoms with van der Waals surface area (Å²) in [6, 6.07) is 10.1. The van der Waals surface area contributed by atoms with E-state index in [1.165, 1.54) is 11.3 Å². The Labute approximate surface area is 159 Å². The maximum Gasteiger partial charge on any atom is 0.287 e. The van der Waals surface area contributed by atoms with Crippen molar-refractivity contribution in [2.75, 3.05) is 49.5 Å². The van der Waals surface area contributed by atoms with E-state index in [1.54, 1.807) is 6.07 Å². The van der Waals surface area contributed by atoms with Crippen molar-refractivity contribution in [3.8, 4) is 0 Å². The fraction of sp³-hybridized carbons (Fsp3) is 0.474. The lowest BCUT2D eigenvalue weighted by Crippen LogP contribution is -2.49. The van der Waals surface area contributed by atoms with Crippen LogP contribution in [-0.2, 0) is 0 Å². The van der Waals surface area contributed by atoms with Crippen LogP contribution in [0.25, 0.3) is 0 Å². The Balaban J connectivity index is 1.49. The van der Waals surface area contributed by atoms with Crippen LogP contribution >= 0.6 is 11.6 Å². The zero-order valence-electron chi connectivity index (χ0n) is 15.3. The molecule has 6 nitrogen and oxygen atoms in total. The van der Waals surface area contributed by atoms with E-state index in [-0.39, 0.29) is 5.56 Å². The highest BCUT2D eigenvalue weighted by molar-refractivity contribution is 6.29. The van der Waals surface area contributed by atoms with E-state index in [2.05, 4.69) is 63.4 Å². The number of nitrogens with one attached hydrogen (secondary N) is 2. The molecule has 140 valence electrons. The zero-order valence-corrected chi connectivity index (χ0v) is 16.1. The first-order valence-electron chi connectivity index (χ1n) is 9.10. The second-order valence-corrected chi connectivity index (χ2v) is 7.29. The number of benzene rings is 1. The molecule has 1 fully saturated rings. The van der Waals surface area contributed by atoms with Crippen molar-refractivity contribution in [2.45, 2.75) is 19.8 Å². The van der Waals surface area contributed by atoms with Crippen molar-refractivity contribution < 1.29 is 0 Å². The molecule has 1 aromatic carbocycles. The standard InChI is InChI=1S/C19H26ClN5O/c1-14(2)15-5-3-4-6-16(15)21-7-8-24-9-11-25(12-10-24)17-13-18(20)22-23-19(17)26/h3-6,13-14,21H,7-12H2,1-2H3,(H,23,26). The Bertz CT molecular complexity index is 783. The average molecular weight is 376 g/mol. The predicted octanol–water partition coefficient (Wildman–Crippen LogP) is 2.78. The Morgan fingerprint density at radius 3 is 2.69 bits per heavy atom. The molecule has 2 aromatic rings. The molecule has 1 aliphatic rings. The van der Waals surface area contributed by atoms with Crippen molar-refractivity contribution in [2.24, 2.45) is 0 Å². The number of nitrogens with zero attached hydrogens (tertiary/aromatic N) is 3. The first-order valence-corrected chi connectivity index (χ1v) is 9.47. The number of aromatic amines is 1. The van der Waals surface area contributed by atoms with Gasteiger partial charge in [0.05, 0.1) is 0 Å². The Morgan fingerprint density at radius 2 is 1.96 bits per heavy atom. The van der Waals surface area contributed by atoms with Gasteiger partial charge in [-0.05, 0) is 17.5 Å². The largest absolute Gasteiger partial charge is 0.384 e. The van der Waals surface area contributed by atoms with Gasteiger partial charge in [-0.3, -0.25) is 9.69 Å². The Hall–Kier alpha value is -2.05. The monoisotopic (exact) mass is 375 g/mol. The van der Waals surface area contributed by atoms with E-state index in [9.17, 15) is 4.79 Å². The van der Waals surface area contributed by atoms with Gasteiger partial charge in [0.25, 0.3) is 5.56 Å². The van der Waals surface area contributed by atoms with Gasteiger partial charge < -0.3 is 10.2 Å². The number of aromatic nitrogens is 2. The molecule has 0 atom stereocenters. The number of rotatable bonds is 6. The number of para-hydroxylation sites is 1. The molecular weight excluding hydrogens is 350 g/mol. The lowest BCUT2D eigenvalue weighted by molar-refractivity contribution is 0.267. The molecule has 1 saturated heterocycles. The smallest absolute Gasteiger partial charge is 0.287 e. The fourth-order valence-corrected chi connectivity index (χ4v) is 3.48. The molecule has 0 bridgehead atoms. The third-order valence-corrected chi connectivity index (χ3v) is 4.99. The molecule has 1 aliphatic heterocycles. The predicted molar refractivity (Wildman–Crippen MR) is 108 cm³/mol. The van der Waals surface area contributed by atoms with Crippen LogP contribution in [0.3, 0.4) is 0 Å². The van der Waals surface area contributed by atoms with Crippen LogP contribution in [0.15, 0.2) is 35.1 Å². The van der Waals surface area contributed by atoms with E-state index < -0.39 is 0 Å². The van der Waals surface area contributed by atoms with Crippen molar-refractivity contribution in [3.63, 3.8) is 0 Å². The summed E-state index contributed by atoms with van der Waals surface area (Å²) in [4.78, 5) is 16.4. The van der Waals surface area contributed by atoms with E-state index in [0.717, 1.165) is 39.3 Å². The topological polar surface area (TPSA) is 64.3 Å². The van der Waals surface area contributed by atoms with Gasteiger partial charge in [0.1, 0.15) is 5.69 Å². The van der Waals surface area contributed by atoms with E-state index in [0.29, 0.717) is 16.8 Å². The number of H-pyrrole nitrogens is 1. The summed E-state index contributed by atoms with van der Waals surface area (Å²) in [6.45, 7) is 9.79. The number of piperazine rings is 1. The first kappa shape index (κ1) is 18.7. The SMILES string of the molecule is CC(C)c1ccccc1NCCN1CCN(c2cc(Cl)n[nH]c2=O)CC1. The number of hydrogen-bond donors (Lipinski definition) is 2. The molecule has 0 amide bonds. The molecule has 1 aromatic heterocycles. The molecule has 0 saturated carbocycles. The third kappa shape index (κ3) is 4.56. The van der Waals surface area contributed by atoms with Gasteiger partial charge in [-0.2, -0.15) is 5.10 Å². The molecule has 0 unspecified atom stereocenters. The summed E-state index contributed by atoms with van der Waals surface area (Å²) in [7, 11) is 0. The molecule has 0 radical (unpaired) electrons. The van der Waals surface area contributed by atoms with Gasteiger partial charge in [-0.25, -0.2) is 5.10 Å². The second kappa shape index (κ2) is 8.56. The minimum Gasteiger partial charge on any atom is -0.384 e. The van der Waals surface area contributed by atoms with Crippen LogP contribution in [-0.4, -0.2) is 54.4 Å². The maximum absolute atomic E-state index is 11.9. The molecular formula is C19H26ClN5O. The molecule has 2 N–H and O–H groups in total. The van der Waals surface area contributed by atoms with Crippen LogP contribution in [0.2, 0.25) is 5.15 Å². The van der Waals surface area contributed by atoms with Gasteiger partial charge in [0, 0.05) is 51.0 Å². The highest BCUT2D eigenvalue weighted by atomic mass is 35.5. The normalized spacial score (nSPS) is 15.5. The van der Waals surface area contributed by atoms with E-state index >= 15 is 0 Å². The lowest BCUT2D eigenvalue weighted by atomic mass is 10.0. The summed E-state index contributed by atoms with van der Waals surface area (Å²) >= 11 is 5.90. The van der Waals surface area contributed by atoms with Crippen LogP contribution in [0, 0.1) is 0 Å². The fourth-order valence-electron chi connectivity index (χ4n) is 3.33. The zero-order chi connectivity index (χ0) is 18.5. The van der Waals surface area contributed by atoms with E-state index in [1.807, 2.05) is 0 Å². The minimum atomic E-state index is -0.185. The first-order chi connectivity index (χ1) is 12.5. The molecule has 0 aliphatic carbocycles. The summed E-state index contributed by atoms with van der Waals surface area (Å²) in [5, 5.41) is 10.0. The summed E-state index contributed by atoms with van der Waals surface area (Å²) in [6.07, 6.45) is 0. The number of hydrogen-bond acceptors (Lipinski definition) is 5. The van der Waals surface area contributed by atoms with Gasteiger partial charge in [0.2, 0.25) is 0 Å². The quantitative estimate of drug-likeness (QED) is 0.812. The Morgan fingerprint density at radius 1 is 1.23 bits per heavy atom. The Kier molecular flexibility index (Phi) is 6.16. The summed E-state index contributed by atoms with van der Waals surface area (Å²) in [5.74, 6) is 0.507. The minimum absolute atomic E-state index is 0.185. The van der Waals surface area contributed by atoms with Crippen molar-refractivity contribution in [1.29, 1.82) is 0 Å². The summed E-state index contributed by atoms with van der Waals surface area (Å²) in [5.41, 5.74) is 2.99. The van der Waals surface area contributed by atoms with Crippen LogP contribution in [0.4, 0.5) is 11.4 Å². The molecule has 2 heterocycles. The molecule has 0 spiro atoms. The lowest BCUT2D eigenvalue weighted by Gasteiger charge is -2.35. The van der Waals surface area contributed by atoms with Gasteiger partial charge in [-0.15, -0.1) is 0 Å².